The van der Waals surface area contributed by atoms with E-state index in [-0.39, 0.29) is 23.6 Å². The Kier molecular flexibility index (Phi) is 11.7. The van der Waals surface area contributed by atoms with Crippen LogP contribution in [0.3, 0.4) is 0 Å². The highest BCUT2D eigenvalue weighted by Crippen LogP contribution is 2.41. The molecule has 1 saturated heterocycles. The van der Waals surface area contributed by atoms with Gasteiger partial charge in [0, 0.05) is 6.92 Å². The van der Waals surface area contributed by atoms with Crippen LogP contribution >= 0.6 is 0 Å². The largest absolute Gasteiger partial charge is 0.514 e. The van der Waals surface area contributed by atoms with Crippen LogP contribution in [0.25, 0.3) is 0 Å². The van der Waals surface area contributed by atoms with Gasteiger partial charge in [-0.3, -0.25) is 14.4 Å². The van der Waals surface area contributed by atoms with Gasteiger partial charge in [0.2, 0.25) is 12.4 Å². The maximum Gasteiger partial charge on any atom is 0.514 e. The van der Waals surface area contributed by atoms with Gasteiger partial charge >= 0.3 is 24.0 Å². The molecule has 2 aromatic rings. The zero-order valence-corrected chi connectivity index (χ0v) is 25.7. The molecule has 1 aliphatic heterocycles. The number of amidine groups is 1. The number of benzene rings is 1. The van der Waals surface area contributed by atoms with Gasteiger partial charge in [0.25, 0.3) is 5.84 Å². The van der Waals surface area contributed by atoms with Crippen LogP contribution in [0.5, 0.6) is 0 Å². The van der Waals surface area contributed by atoms with Crippen molar-refractivity contribution in [3.63, 3.8) is 0 Å². The van der Waals surface area contributed by atoms with E-state index in [1.165, 1.54) is 12.1 Å². The summed E-state index contributed by atoms with van der Waals surface area (Å²) in [5.74, 6) is -2.34. The number of aliphatic hydroxyl groups is 1. The number of carbonyl (C=O) groups is 4. The third kappa shape index (κ3) is 8.75. The number of aliphatic hydroxyl groups excluding tert-OH is 1. The first-order valence-electron chi connectivity index (χ1n) is 14.0. The fourth-order valence-corrected chi connectivity index (χ4v) is 4.29. The molecule has 1 fully saturated rings. The third-order valence-corrected chi connectivity index (χ3v) is 6.85. The van der Waals surface area contributed by atoms with E-state index in [1.807, 2.05) is 6.07 Å². The van der Waals surface area contributed by atoms with Gasteiger partial charge in [-0.25, -0.2) is 9.79 Å². The smallest absolute Gasteiger partial charge is 0.463 e. The summed E-state index contributed by atoms with van der Waals surface area (Å²) in [4.78, 5) is 57.8. The van der Waals surface area contributed by atoms with Gasteiger partial charge in [0.15, 0.2) is 12.4 Å². The number of aliphatic imine (C=N–C) groups is 1. The van der Waals surface area contributed by atoms with Gasteiger partial charge in [-0.1, -0.05) is 51.1 Å². The topological polar surface area (TPSA) is 253 Å². The molecule has 246 valence electrons. The molecular formula is C30H37N6O10+. The predicted octanol–water partition coefficient (Wildman–Crippen LogP) is -0.964. The van der Waals surface area contributed by atoms with Gasteiger partial charge in [-0.15, -0.1) is 0 Å². The quantitative estimate of drug-likeness (QED) is 0.0689. The van der Waals surface area contributed by atoms with Gasteiger partial charge in [0.05, 0.1) is 12.1 Å². The van der Waals surface area contributed by atoms with Crippen molar-refractivity contribution >= 4 is 36.2 Å². The molecule has 16 heteroatoms. The van der Waals surface area contributed by atoms with Crippen molar-refractivity contribution in [3.8, 4) is 6.07 Å². The van der Waals surface area contributed by atoms with Crippen LogP contribution in [0, 0.1) is 16.7 Å². The van der Waals surface area contributed by atoms with Crippen LogP contribution in [0.1, 0.15) is 44.6 Å². The number of esters is 3. The zero-order valence-electron chi connectivity index (χ0n) is 25.7. The number of carbonyl (C=O) groups excluding carboxylic acids is 4. The number of nitrogens with two attached hydrogens (primary N) is 2. The summed E-state index contributed by atoms with van der Waals surface area (Å²) in [5.41, 5.74) is 9.41. The first kappa shape index (κ1) is 35.4. The van der Waals surface area contributed by atoms with Crippen molar-refractivity contribution in [3.05, 3.63) is 59.4 Å². The monoisotopic (exact) mass is 641 g/mol. The van der Waals surface area contributed by atoms with E-state index in [4.69, 9.17) is 30.4 Å². The van der Waals surface area contributed by atoms with E-state index in [9.17, 15) is 29.5 Å². The average Bonchev–Trinajstić information content (AvgIpc) is 3.59. The number of rotatable bonds is 10. The predicted molar refractivity (Wildman–Crippen MR) is 158 cm³/mol. The molecule has 0 radical (unpaired) electrons. The highest BCUT2D eigenvalue weighted by Gasteiger charge is 2.59. The molecule has 0 aliphatic carbocycles. The van der Waals surface area contributed by atoms with E-state index in [0.29, 0.717) is 5.56 Å². The number of aromatic nitrogens is 1. The van der Waals surface area contributed by atoms with Crippen molar-refractivity contribution in [1.29, 1.82) is 5.26 Å². The minimum absolute atomic E-state index is 0.0309. The molecule has 1 aromatic heterocycles. The number of amides is 1. The van der Waals surface area contributed by atoms with Crippen molar-refractivity contribution < 1.29 is 53.0 Å². The standard InChI is InChI=1S/C30H36N6O10/c1-17(37)43-16-44-28(41)36-26(34-15-32)19-10-11-21(35-19)30(14-31)25(39)23(45-27(40)24(33)29(2,3)4)20(46-30)13-42-22(38)12-18-8-6-5-7-9-18/h5-11,15,20,23-25,35,39H,12-13,16,33H2,1-4H3,(H2,32,34,36,41)/p+1/t20-,23-,24-,25-,30+/m1/s1. The fraction of sp³-hybridized carbons (Fsp3) is 0.433. The summed E-state index contributed by atoms with van der Waals surface area (Å²) >= 11 is 0. The Balaban J connectivity index is 1.91. The highest BCUT2D eigenvalue weighted by atomic mass is 16.7. The number of ether oxygens (including phenoxy) is 5. The second-order valence-corrected chi connectivity index (χ2v) is 11.3. The van der Waals surface area contributed by atoms with Crippen molar-refractivity contribution in [2.75, 3.05) is 13.4 Å². The molecule has 1 aliphatic rings. The van der Waals surface area contributed by atoms with Crippen molar-refractivity contribution in [2.45, 2.75) is 64.1 Å². The third-order valence-electron chi connectivity index (χ3n) is 6.85. The Morgan fingerprint density at radius 1 is 1.17 bits per heavy atom. The van der Waals surface area contributed by atoms with Crippen LogP contribution in [0.4, 0.5) is 4.79 Å². The molecule has 3 rings (SSSR count). The SMILES string of the molecule is CC(=O)OCOC(=O)/N=C(\[NH+]=CN)c1ccc([C@]2(C#N)O[C@H](COC(=O)Cc3ccccc3)[C@@H](OC(=O)[C@@H](N)C(C)(C)C)[C@H]2O)[nH]1. The zero-order chi connectivity index (χ0) is 34.1. The summed E-state index contributed by atoms with van der Waals surface area (Å²) in [6.45, 7) is 5.14. The summed E-state index contributed by atoms with van der Waals surface area (Å²) in [6, 6.07) is 12.4. The Bertz CT molecular complexity index is 1510. The lowest BCUT2D eigenvalue weighted by Crippen LogP contribution is -2.75. The average molecular weight is 642 g/mol. The Morgan fingerprint density at radius 3 is 2.48 bits per heavy atom. The minimum atomic E-state index is -2.18. The molecular weight excluding hydrogens is 604 g/mol. The fourth-order valence-electron chi connectivity index (χ4n) is 4.29. The Morgan fingerprint density at radius 2 is 1.87 bits per heavy atom. The van der Waals surface area contributed by atoms with Crippen LogP contribution in [-0.4, -0.2) is 84.0 Å². The maximum atomic E-state index is 13.0. The number of hydrogen-bond donors (Lipinski definition) is 5. The molecule has 16 nitrogen and oxygen atoms in total. The first-order valence-corrected chi connectivity index (χ1v) is 14.0. The molecule has 7 N–H and O–H groups in total. The summed E-state index contributed by atoms with van der Waals surface area (Å²) < 4.78 is 26.3. The number of hydrogen-bond acceptors (Lipinski definition) is 12. The lowest BCUT2D eigenvalue weighted by atomic mass is 9.87. The van der Waals surface area contributed by atoms with Crippen LogP contribution < -0.4 is 16.5 Å². The van der Waals surface area contributed by atoms with Crippen LogP contribution in [0.15, 0.2) is 47.5 Å². The molecule has 0 spiro atoms. The summed E-state index contributed by atoms with van der Waals surface area (Å²) in [6.07, 6.45) is -4.83. The number of nitrogens with zero attached hydrogens (tertiary/aromatic N) is 2. The van der Waals surface area contributed by atoms with Crippen molar-refractivity contribution in [2.24, 2.45) is 21.9 Å². The molecule has 2 heterocycles. The minimum Gasteiger partial charge on any atom is -0.463 e. The Labute approximate surface area is 264 Å². The molecule has 46 heavy (non-hydrogen) atoms. The van der Waals surface area contributed by atoms with E-state index >= 15 is 0 Å². The van der Waals surface area contributed by atoms with Gasteiger partial charge in [-0.05, 0) is 28.1 Å². The number of nitriles is 1. The van der Waals surface area contributed by atoms with E-state index < -0.39 is 72.8 Å². The number of aromatic amines is 1. The van der Waals surface area contributed by atoms with Gasteiger partial charge < -0.3 is 45.2 Å². The lowest BCUT2D eigenvalue weighted by molar-refractivity contribution is -0.309. The Hall–Kier alpha value is -5.11. The van der Waals surface area contributed by atoms with Crippen molar-refractivity contribution in [1.82, 2.24) is 4.98 Å². The summed E-state index contributed by atoms with van der Waals surface area (Å²) in [5, 5.41) is 21.8. The maximum absolute atomic E-state index is 13.0. The van der Waals surface area contributed by atoms with E-state index in [2.05, 4.69) is 19.7 Å². The van der Waals surface area contributed by atoms with E-state index in [0.717, 1.165) is 13.3 Å². The first-order chi connectivity index (χ1) is 21.7. The van der Waals surface area contributed by atoms with Gasteiger partial charge in [0.1, 0.15) is 36.6 Å². The van der Waals surface area contributed by atoms with Crippen LogP contribution in [-0.2, 0) is 50.1 Å². The van der Waals surface area contributed by atoms with Gasteiger partial charge in [-0.2, -0.15) is 5.26 Å². The normalized spacial score (nSPS) is 22.1. The second-order valence-electron chi connectivity index (χ2n) is 11.3. The molecule has 1 aromatic carbocycles. The number of nitrogens with one attached hydrogen (secondary N) is 2. The molecule has 0 bridgehead atoms. The second kappa shape index (κ2) is 15.3. The molecule has 0 unspecified atom stereocenters. The molecule has 0 saturated carbocycles. The van der Waals surface area contributed by atoms with Crippen LogP contribution in [0.2, 0.25) is 0 Å². The molecule has 1 amide bonds. The lowest BCUT2D eigenvalue weighted by Gasteiger charge is -2.28. The highest BCUT2D eigenvalue weighted by molar-refractivity contribution is 5.97. The molecule has 5 atom stereocenters. The number of H-pyrrole nitrogens is 1. The summed E-state index contributed by atoms with van der Waals surface area (Å²) in [7, 11) is 0. The van der Waals surface area contributed by atoms with E-state index in [1.54, 1.807) is 51.1 Å².